The van der Waals surface area contributed by atoms with Crippen LogP contribution in [-0.4, -0.2) is 7.11 Å². The standard InChI is InChI=1S/C17H18ClNO/c1-20-16-11-13(8-9-15(16)18)17(19)10-4-6-12-5-2-3-7-14(12)17/h2-3,5,7-9,11H,4,6,10,19H2,1H3. The van der Waals surface area contributed by atoms with Gasteiger partial charge in [0.05, 0.1) is 17.7 Å². The molecule has 0 bridgehead atoms. The second kappa shape index (κ2) is 5.12. The van der Waals surface area contributed by atoms with E-state index in [-0.39, 0.29) is 0 Å². The third-order valence-corrected chi connectivity index (χ3v) is 4.49. The second-order valence-corrected chi connectivity index (χ2v) is 5.74. The van der Waals surface area contributed by atoms with Crippen LogP contribution in [0.15, 0.2) is 42.5 Å². The molecule has 2 nitrogen and oxygen atoms in total. The molecule has 0 radical (unpaired) electrons. The number of nitrogens with two attached hydrogens (primary N) is 1. The van der Waals surface area contributed by atoms with Crippen molar-refractivity contribution in [1.29, 1.82) is 0 Å². The number of hydrogen-bond donors (Lipinski definition) is 1. The summed E-state index contributed by atoms with van der Waals surface area (Å²) in [5.41, 5.74) is 9.94. The maximum atomic E-state index is 6.77. The molecule has 0 fully saturated rings. The minimum absolute atomic E-state index is 0.452. The van der Waals surface area contributed by atoms with Gasteiger partial charge in [-0.3, -0.25) is 0 Å². The van der Waals surface area contributed by atoms with E-state index in [1.165, 1.54) is 11.1 Å². The van der Waals surface area contributed by atoms with Crippen molar-refractivity contribution in [3.63, 3.8) is 0 Å². The van der Waals surface area contributed by atoms with Gasteiger partial charge in [-0.05, 0) is 48.1 Å². The Balaban J connectivity index is 2.14. The molecule has 1 aliphatic carbocycles. The summed E-state index contributed by atoms with van der Waals surface area (Å²) in [7, 11) is 1.63. The van der Waals surface area contributed by atoms with E-state index in [1.54, 1.807) is 7.11 Å². The van der Waals surface area contributed by atoms with Crippen LogP contribution in [0.25, 0.3) is 0 Å². The quantitative estimate of drug-likeness (QED) is 0.909. The van der Waals surface area contributed by atoms with Gasteiger partial charge in [0.2, 0.25) is 0 Å². The molecule has 0 aliphatic heterocycles. The fourth-order valence-electron chi connectivity index (χ4n) is 3.10. The molecular formula is C17H18ClNO. The third-order valence-electron chi connectivity index (χ3n) is 4.18. The lowest BCUT2D eigenvalue weighted by atomic mass is 9.73. The number of fused-ring (bicyclic) bond motifs is 1. The van der Waals surface area contributed by atoms with Crippen LogP contribution in [-0.2, 0) is 12.0 Å². The molecule has 0 saturated heterocycles. The third kappa shape index (κ3) is 2.09. The average Bonchev–Trinajstić information content (AvgIpc) is 2.48. The monoisotopic (exact) mass is 287 g/mol. The van der Waals surface area contributed by atoms with E-state index >= 15 is 0 Å². The Kier molecular flexibility index (Phi) is 3.45. The van der Waals surface area contributed by atoms with Crippen LogP contribution in [0.1, 0.15) is 29.5 Å². The van der Waals surface area contributed by atoms with Crippen molar-refractivity contribution in [1.82, 2.24) is 0 Å². The first-order valence-electron chi connectivity index (χ1n) is 6.86. The average molecular weight is 288 g/mol. The first kappa shape index (κ1) is 13.5. The second-order valence-electron chi connectivity index (χ2n) is 5.33. The molecule has 0 spiro atoms. The van der Waals surface area contributed by atoms with Gasteiger partial charge in [-0.1, -0.05) is 41.9 Å². The Bertz CT molecular complexity index is 641. The predicted octanol–water partition coefficient (Wildman–Crippen LogP) is 3.89. The van der Waals surface area contributed by atoms with E-state index in [9.17, 15) is 0 Å². The number of rotatable bonds is 2. The molecular weight excluding hydrogens is 270 g/mol. The molecule has 0 saturated carbocycles. The number of benzene rings is 2. The molecule has 0 amide bonds. The Morgan fingerprint density at radius 3 is 2.80 bits per heavy atom. The summed E-state index contributed by atoms with van der Waals surface area (Å²) in [6, 6.07) is 14.3. The minimum Gasteiger partial charge on any atom is -0.495 e. The van der Waals surface area contributed by atoms with Crippen LogP contribution < -0.4 is 10.5 Å². The summed E-state index contributed by atoms with van der Waals surface area (Å²) in [5, 5.41) is 0.615. The summed E-state index contributed by atoms with van der Waals surface area (Å²) in [6.07, 6.45) is 3.13. The Morgan fingerprint density at radius 2 is 2.00 bits per heavy atom. The number of methoxy groups -OCH3 is 1. The van der Waals surface area contributed by atoms with Crippen LogP contribution in [0.2, 0.25) is 5.02 Å². The lowest BCUT2D eigenvalue weighted by Crippen LogP contribution is -2.41. The van der Waals surface area contributed by atoms with Crippen molar-refractivity contribution in [3.8, 4) is 5.75 Å². The topological polar surface area (TPSA) is 35.2 Å². The van der Waals surface area contributed by atoms with Gasteiger partial charge >= 0.3 is 0 Å². The number of hydrogen-bond acceptors (Lipinski definition) is 2. The molecule has 3 rings (SSSR count). The lowest BCUT2D eigenvalue weighted by molar-refractivity contribution is 0.407. The van der Waals surface area contributed by atoms with Crippen molar-refractivity contribution < 1.29 is 4.74 Å². The van der Waals surface area contributed by atoms with Crippen molar-refractivity contribution in [3.05, 3.63) is 64.2 Å². The lowest BCUT2D eigenvalue weighted by Gasteiger charge is -2.36. The molecule has 1 aliphatic rings. The molecule has 104 valence electrons. The van der Waals surface area contributed by atoms with Crippen molar-refractivity contribution >= 4 is 11.6 Å². The van der Waals surface area contributed by atoms with E-state index in [4.69, 9.17) is 22.1 Å². The van der Waals surface area contributed by atoms with Gasteiger partial charge in [0.1, 0.15) is 5.75 Å². The molecule has 0 aromatic heterocycles. The highest BCUT2D eigenvalue weighted by Crippen LogP contribution is 2.40. The van der Waals surface area contributed by atoms with Gasteiger partial charge in [-0.15, -0.1) is 0 Å². The summed E-state index contributed by atoms with van der Waals surface area (Å²) < 4.78 is 5.32. The molecule has 2 aromatic carbocycles. The van der Waals surface area contributed by atoms with Gasteiger partial charge in [0, 0.05) is 0 Å². The van der Waals surface area contributed by atoms with E-state index in [1.807, 2.05) is 18.2 Å². The molecule has 2 N–H and O–H groups in total. The van der Waals surface area contributed by atoms with E-state index in [0.29, 0.717) is 10.8 Å². The van der Waals surface area contributed by atoms with Crippen LogP contribution in [0, 0.1) is 0 Å². The van der Waals surface area contributed by atoms with Gasteiger partial charge in [-0.2, -0.15) is 0 Å². The van der Waals surface area contributed by atoms with Crippen molar-refractivity contribution in [2.45, 2.75) is 24.8 Å². The highest BCUT2D eigenvalue weighted by atomic mass is 35.5. The van der Waals surface area contributed by atoms with Gasteiger partial charge in [0.25, 0.3) is 0 Å². The number of halogens is 1. The smallest absolute Gasteiger partial charge is 0.137 e. The zero-order valence-electron chi connectivity index (χ0n) is 11.5. The Labute approximate surface area is 124 Å². The molecule has 3 heteroatoms. The number of ether oxygens (including phenoxy) is 1. The summed E-state index contributed by atoms with van der Waals surface area (Å²) in [5.74, 6) is 0.678. The fraction of sp³-hybridized carbons (Fsp3) is 0.294. The predicted molar refractivity (Wildman–Crippen MR) is 82.4 cm³/mol. The zero-order chi connectivity index (χ0) is 14.2. The van der Waals surface area contributed by atoms with Crippen LogP contribution in [0.3, 0.4) is 0 Å². The number of aryl methyl sites for hydroxylation is 1. The molecule has 1 atom stereocenters. The van der Waals surface area contributed by atoms with Crippen LogP contribution >= 0.6 is 11.6 Å². The SMILES string of the molecule is COc1cc(C2(N)CCCc3ccccc32)ccc1Cl. The van der Waals surface area contributed by atoms with Gasteiger partial charge in [0.15, 0.2) is 0 Å². The van der Waals surface area contributed by atoms with Crippen LogP contribution in [0.4, 0.5) is 0 Å². The Morgan fingerprint density at radius 1 is 1.20 bits per heavy atom. The van der Waals surface area contributed by atoms with E-state index in [0.717, 1.165) is 24.8 Å². The van der Waals surface area contributed by atoms with E-state index < -0.39 is 5.54 Å². The minimum atomic E-state index is -0.452. The molecule has 0 heterocycles. The highest BCUT2D eigenvalue weighted by Gasteiger charge is 2.34. The molecule has 2 aromatic rings. The first-order chi connectivity index (χ1) is 9.65. The zero-order valence-corrected chi connectivity index (χ0v) is 12.3. The van der Waals surface area contributed by atoms with Crippen molar-refractivity contribution in [2.24, 2.45) is 5.73 Å². The van der Waals surface area contributed by atoms with Crippen molar-refractivity contribution in [2.75, 3.05) is 7.11 Å². The fourth-order valence-corrected chi connectivity index (χ4v) is 3.30. The summed E-state index contributed by atoms with van der Waals surface area (Å²) in [4.78, 5) is 0. The highest BCUT2D eigenvalue weighted by molar-refractivity contribution is 6.32. The summed E-state index contributed by atoms with van der Waals surface area (Å²) in [6.45, 7) is 0. The van der Waals surface area contributed by atoms with E-state index in [2.05, 4.69) is 24.3 Å². The first-order valence-corrected chi connectivity index (χ1v) is 7.24. The summed E-state index contributed by atoms with van der Waals surface area (Å²) >= 11 is 6.12. The van der Waals surface area contributed by atoms with Gasteiger partial charge in [-0.25, -0.2) is 0 Å². The molecule has 20 heavy (non-hydrogen) atoms. The van der Waals surface area contributed by atoms with Crippen LogP contribution in [0.5, 0.6) is 5.75 Å². The molecule has 1 unspecified atom stereocenters. The Hall–Kier alpha value is -1.51. The van der Waals surface area contributed by atoms with Gasteiger partial charge < -0.3 is 10.5 Å². The largest absolute Gasteiger partial charge is 0.495 e. The maximum Gasteiger partial charge on any atom is 0.137 e. The maximum absolute atomic E-state index is 6.77. The normalized spacial score (nSPS) is 21.4.